The Bertz CT molecular complexity index is 403. The molecule has 0 aliphatic carbocycles. The first-order chi connectivity index (χ1) is 8.65. The summed E-state index contributed by atoms with van der Waals surface area (Å²) in [5.41, 5.74) is 0.685. The van der Waals surface area contributed by atoms with Gasteiger partial charge in [0.25, 0.3) is 0 Å². The van der Waals surface area contributed by atoms with E-state index in [4.69, 9.17) is 4.74 Å². The third kappa shape index (κ3) is 5.23. The number of anilines is 1. The predicted octanol–water partition coefficient (Wildman–Crippen LogP) is 2.69. The minimum absolute atomic E-state index is 0.251. The number of benzene rings is 1. The number of rotatable bonds is 6. The van der Waals surface area contributed by atoms with Crippen molar-refractivity contribution in [3.8, 4) is 0 Å². The molecular formula is C13H17NO3S. The van der Waals surface area contributed by atoms with Crippen molar-refractivity contribution < 1.29 is 14.3 Å². The van der Waals surface area contributed by atoms with E-state index in [9.17, 15) is 9.59 Å². The maximum Gasteiger partial charge on any atom is 0.315 e. The van der Waals surface area contributed by atoms with Gasteiger partial charge in [0.2, 0.25) is 5.91 Å². The first kappa shape index (κ1) is 14.6. The van der Waals surface area contributed by atoms with Crippen LogP contribution in [-0.4, -0.2) is 24.2 Å². The van der Waals surface area contributed by atoms with Crippen molar-refractivity contribution in [3.63, 3.8) is 0 Å². The summed E-state index contributed by atoms with van der Waals surface area (Å²) < 4.78 is 4.70. The zero-order valence-corrected chi connectivity index (χ0v) is 11.4. The Morgan fingerprint density at radius 2 is 1.89 bits per heavy atom. The van der Waals surface area contributed by atoms with Crippen LogP contribution in [0.25, 0.3) is 0 Å². The first-order valence-electron chi connectivity index (χ1n) is 5.84. The van der Waals surface area contributed by atoms with E-state index in [1.54, 1.807) is 18.7 Å². The Kier molecular flexibility index (Phi) is 6.28. The van der Waals surface area contributed by atoms with Crippen molar-refractivity contribution in [1.82, 2.24) is 0 Å². The molecule has 0 radical (unpaired) electrons. The lowest BCUT2D eigenvalue weighted by Gasteiger charge is -2.06. The minimum atomic E-state index is -0.506. The van der Waals surface area contributed by atoms with Crippen LogP contribution >= 0.6 is 11.8 Å². The molecule has 0 spiro atoms. The number of carbonyl (C=O) groups excluding carboxylic acids is 2. The highest BCUT2D eigenvalue weighted by molar-refractivity contribution is 7.99. The van der Waals surface area contributed by atoms with E-state index in [1.807, 2.05) is 24.3 Å². The van der Waals surface area contributed by atoms with Gasteiger partial charge in [0, 0.05) is 10.6 Å². The van der Waals surface area contributed by atoms with Gasteiger partial charge < -0.3 is 10.1 Å². The third-order valence-electron chi connectivity index (χ3n) is 2.06. The third-order valence-corrected chi connectivity index (χ3v) is 2.95. The van der Waals surface area contributed by atoms with Crippen molar-refractivity contribution in [1.29, 1.82) is 0 Å². The highest BCUT2D eigenvalue weighted by Gasteiger charge is 2.10. The number of nitrogens with one attached hydrogen (secondary N) is 1. The molecule has 18 heavy (non-hydrogen) atoms. The average Bonchev–Trinajstić information content (AvgIpc) is 2.32. The number of thioether (sulfide) groups is 1. The van der Waals surface area contributed by atoms with Gasteiger partial charge in [-0.15, -0.1) is 11.8 Å². The Balaban J connectivity index is 2.46. The summed E-state index contributed by atoms with van der Waals surface area (Å²) in [4.78, 5) is 23.7. The lowest BCUT2D eigenvalue weighted by atomic mass is 10.3. The highest BCUT2D eigenvalue weighted by Crippen LogP contribution is 2.19. The molecule has 0 heterocycles. The van der Waals surface area contributed by atoms with E-state index >= 15 is 0 Å². The summed E-state index contributed by atoms with van der Waals surface area (Å²) in [6, 6.07) is 7.52. The molecule has 1 aromatic carbocycles. The van der Waals surface area contributed by atoms with Crippen LogP contribution < -0.4 is 5.32 Å². The lowest BCUT2D eigenvalue weighted by Crippen LogP contribution is -2.18. The maximum atomic E-state index is 11.5. The molecule has 1 aromatic rings. The second kappa shape index (κ2) is 7.76. The van der Waals surface area contributed by atoms with Gasteiger partial charge in [0.1, 0.15) is 6.42 Å². The molecule has 98 valence electrons. The molecule has 1 rings (SSSR count). The predicted molar refractivity (Wildman–Crippen MR) is 72.7 cm³/mol. The van der Waals surface area contributed by atoms with Crippen molar-refractivity contribution >= 4 is 29.3 Å². The zero-order valence-electron chi connectivity index (χ0n) is 10.6. The van der Waals surface area contributed by atoms with Crippen LogP contribution in [0.1, 0.15) is 20.3 Å². The molecule has 0 aromatic heterocycles. The summed E-state index contributed by atoms with van der Waals surface area (Å²) in [5, 5.41) is 2.65. The number of hydrogen-bond donors (Lipinski definition) is 1. The Morgan fingerprint density at radius 3 is 2.44 bits per heavy atom. The largest absolute Gasteiger partial charge is 0.466 e. The van der Waals surface area contributed by atoms with Gasteiger partial charge in [-0.1, -0.05) is 6.92 Å². The summed E-state index contributed by atoms with van der Waals surface area (Å²) in [5.74, 6) is 0.145. The minimum Gasteiger partial charge on any atom is -0.466 e. The number of hydrogen-bond acceptors (Lipinski definition) is 4. The molecule has 0 unspecified atom stereocenters. The summed E-state index contributed by atoms with van der Waals surface area (Å²) in [6.07, 6.45) is -0.251. The van der Waals surface area contributed by atoms with Gasteiger partial charge in [0.15, 0.2) is 0 Å². The molecule has 1 N–H and O–H groups in total. The monoisotopic (exact) mass is 267 g/mol. The molecule has 1 amide bonds. The summed E-state index contributed by atoms with van der Waals surface area (Å²) in [7, 11) is 0. The molecule has 0 aliphatic heterocycles. The molecule has 0 atom stereocenters. The van der Waals surface area contributed by atoms with Crippen LogP contribution in [0.4, 0.5) is 5.69 Å². The molecule has 0 fully saturated rings. The second-order valence-corrected chi connectivity index (χ2v) is 4.82. The van der Waals surface area contributed by atoms with Crippen LogP contribution in [0.3, 0.4) is 0 Å². The number of esters is 1. The maximum absolute atomic E-state index is 11.5. The molecule has 0 saturated heterocycles. The van der Waals surface area contributed by atoms with E-state index in [-0.39, 0.29) is 18.9 Å². The molecule has 0 bridgehead atoms. The van der Waals surface area contributed by atoms with Crippen molar-refractivity contribution in [3.05, 3.63) is 24.3 Å². The normalized spacial score (nSPS) is 9.89. The fourth-order valence-electron chi connectivity index (χ4n) is 1.35. The van der Waals surface area contributed by atoms with Crippen LogP contribution in [-0.2, 0) is 14.3 Å². The zero-order chi connectivity index (χ0) is 13.4. The van der Waals surface area contributed by atoms with Gasteiger partial charge in [-0.3, -0.25) is 9.59 Å². The standard InChI is InChI=1S/C13H17NO3S/c1-3-17-13(16)9-12(15)14-10-5-7-11(8-6-10)18-4-2/h5-8H,3-4,9H2,1-2H3,(H,14,15). The lowest BCUT2D eigenvalue weighted by molar-refractivity contribution is -0.145. The summed E-state index contributed by atoms with van der Waals surface area (Å²) >= 11 is 1.73. The number of amides is 1. The Labute approximate surface area is 111 Å². The van der Waals surface area contributed by atoms with E-state index in [1.165, 1.54) is 0 Å². The molecule has 5 heteroatoms. The quantitative estimate of drug-likeness (QED) is 0.489. The fourth-order valence-corrected chi connectivity index (χ4v) is 2.01. The van der Waals surface area contributed by atoms with Gasteiger partial charge in [-0.05, 0) is 36.9 Å². The fraction of sp³-hybridized carbons (Fsp3) is 0.385. The highest BCUT2D eigenvalue weighted by atomic mass is 32.2. The topological polar surface area (TPSA) is 55.4 Å². The molecule has 0 aliphatic rings. The number of carbonyl (C=O) groups is 2. The van der Waals surface area contributed by atoms with Gasteiger partial charge in [-0.2, -0.15) is 0 Å². The number of ether oxygens (including phenoxy) is 1. The Morgan fingerprint density at radius 1 is 1.22 bits per heavy atom. The second-order valence-electron chi connectivity index (χ2n) is 3.49. The molecule has 4 nitrogen and oxygen atoms in total. The molecular weight excluding hydrogens is 250 g/mol. The van der Waals surface area contributed by atoms with Crippen molar-refractivity contribution in [2.24, 2.45) is 0 Å². The smallest absolute Gasteiger partial charge is 0.315 e. The Hall–Kier alpha value is -1.49. The van der Waals surface area contributed by atoms with Gasteiger partial charge in [0.05, 0.1) is 6.61 Å². The van der Waals surface area contributed by atoms with Crippen molar-refractivity contribution in [2.45, 2.75) is 25.2 Å². The van der Waals surface area contributed by atoms with E-state index in [0.29, 0.717) is 5.69 Å². The molecule has 0 saturated carbocycles. The van der Waals surface area contributed by atoms with Crippen LogP contribution in [0.5, 0.6) is 0 Å². The first-order valence-corrected chi connectivity index (χ1v) is 6.82. The van der Waals surface area contributed by atoms with E-state index in [0.717, 1.165) is 10.6 Å². The van der Waals surface area contributed by atoms with E-state index < -0.39 is 5.97 Å². The SMILES string of the molecule is CCOC(=O)CC(=O)Nc1ccc(SCC)cc1. The van der Waals surface area contributed by atoms with E-state index in [2.05, 4.69) is 12.2 Å². The van der Waals surface area contributed by atoms with Gasteiger partial charge in [-0.25, -0.2) is 0 Å². The summed E-state index contributed by atoms with van der Waals surface area (Å²) in [6.45, 7) is 4.08. The van der Waals surface area contributed by atoms with Crippen LogP contribution in [0, 0.1) is 0 Å². The van der Waals surface area contributed by atoms with Gasteiger partial charge >= 0.3 is 5.97 Å². The van der Waals surface area contributed by atoms with Crippen LogP contribution in [0.2, 0.25) is 0 Å². The average molecular weight is 267 g/mol. The van der Waals surface area contributed by atoms with Crippen molar-refractivity contribution in [2.75, 3.05) is 17.7 Å². The van der Waals surface area contributed by atoms with Crippen LogP contribution in [0.15, 0.2) is 29.2 Å².